The maximum atomic E-state index is 12.8. The van der Waals surface area contributed by atoms with E-state index in [9.17, 15) is 4.79 Å². The summed E-state index contributed by atoms with van der Waals surface area (Å²) in [5.74, 6) is -0.0135. The van der Waals surface area contributed by atoms with E-state index in [-0.39, 0.29) is 5.91 Å². The molecule has 1 N–H and O–H groups in total. The lowest BCUT2D eigenvalue weighted by molar-refractivity contribution is 0.0622. The SMILES string of the molecule is COCCN(CCOC)C(=O)c1[nH]c2ccc(C)cc2c1C. The number of nitrogens with zero attached hydrogens (tertiary/aromatic N) is 1. The zero-order valence-corrected chi connectivity index (χ0v) is 13.7. The Morgan fingerprint density at radius 1 is 1.14 bits per heavy atom. The van der Waals surface area contributed by atoms with Gasteiger partial charge >= 0.3 is 0 Å². The molecule has 0 atom stereocenters. The number of fused-ring (bicyclic) bond motifs is 1. The van der Waals surface area contributed by atoms with Crippen molar-refractivity contribution in [1.82, 2.24) is 9.88 Å². The monoisotopic (exact) mass is 304 g/mol. The molecular formula is C17H24N2O3. The maximum Gasteiger partial charge on any atom is 0.270 e. The summed E-state index contributed by atoms with van der Waals surface area (Å²) in [5.41, 5.74) is 3.81. The molecule has 0 aliphatic rings. The van der Waals surface area contributed by atoms with Crippen molar-refractivity contribution in [2.45, 2.75) is 13.8 Å². The molecule has 0 bridgehead atoms. The van der Waals surface area contributed by atoms with Gasteiger partial charge in [-0.1, -0.05) is 11.6 Å². The standard InChI is InChI=1S/C17H24N2O3/c1-12-5-6-15-14(11-12)13(2)16(18-15)17(20)19(7-9-21-3)8-10-22-4/h5-6,11,18H,7-10H2,1-4H3. The first-order valence-electron chi connectivity index (χ1n) is 7.44. The van der Waals surface area contributed by atoms with Crippen LogP contribution < -0.4 is 0 Å². The van der Waals surface area contributed by atoms with E-state index in [1.54, 1.807) is 19.1 Å². The van der Waals surface area contributed by atoms with Crippen molar-refractivity contribution in [3.8, 4) is 0 Å². The minimum Gasteiger partial charge on any atom is -0.383 e. The first kappa shape index (κ1) is 16.5. The van der Waals surface area contributed by atoms with Gasteiger partial charge in [-0.25, -0.2) is 0 Å². The van der Waals surface area contributed by atoms with E-state index in [2.05, 4.69) is 18.0 Å². The molecule has 120 valence electrons. The molecule has 22 heavy (non-hydrogen) atoms. The van der Waals surface area contributed by atoms with Crippen LogP contribution in [-0.2, 0) is 9.47 Å². The van der Waals surface area contributed by atoms with Crippen LogP contribution in [0.5, 0.6) is 0 Å². The number of hydrogen-bond acceptors (Lipinski definition) is 3. The number of carbonyl (C=O) groups excluding carboxylic acids is 1. The summed E-state index contributed by atoms with van der Waals surface area (Å²) in [7, 11) is 3.27. The van der Waals surface area contributed by atoms with Gasteiger partial charge in [-0.2, -0.15) is 0 Å². The maximum absolute atomic E-state index is 12.8. The first-order valence-corrected chi connectivity index (χ1v) is 7.44. The highest BCUT2D eigenvalue weighted by atomic mass is 16.5. The number of nitrogens with one attached hydrogen (secondary N) is 1. The largest absolute Gasteiger partial charge is 0.383 e. The third-order valence-corrected chi connectivity index (χ3v) is 3.85. The van der Waals surface area contributed by atoms with Gasteiger partial charge in [0.15, 0.2) is 0 Å². The number of carbonyl (C=O) groups is 1. The van der Waals surface area contributed by atoms with Gasteiger partial charge in [0.1, 0.15) is 5.69 Å². The average molecular weight is 304 g/mol. The van der Waals surface area contributed by atoms with Gasteiger partial charge in [0.25, 0.3) is 5.91 Å². The van der Waals surface area contributed by atoms with Crippen LogP contribution in [0.4, 0.5) is 0 Å². The number of benzene rings is 1. The zero-order chi connectivity index (χ0) is 16.1. The smallest absolute Gasteiger partial charge is 0.270 e. The number of hydrogen-bond donors (Lipinski definition) is 1. The highest BCUT2D eigenvalue weighted by Crippen LogP contribution is 2.23. The highest BCUT2D eigenvalue weighted by molar-refractivity contribution is 6.01. The number of rotatable bonds is 7. The lowest BCUT2D eigenvalue weighted by Gasteiger charge is -2.21. The summed E-state index contributed by atoms with van der Waals surface area (Å²) in [6.07, 6.45) is 0. The summed E-state index contributed by atoms with van der Waals surface area (Å²) >= 11 is 0. The Kier molecular flexibility index (Phi) is 5.57. The molecule has 0 saturated carbocycles. The quantitative estimate of drug-likeness (QED) is 0.855. The molecule has 0 radical (unpaired) electrons. The number of aromatic nitrogens is 1. The molecule has 0 unspecified atom stereocenters. The summed E-state index contributed by atoms with van der Waals surface area (Å²) in [5, 5.41) is 1.10. The fourth-order valence-electron chi connectivity index (χ4n) is 2.53. The molecule has 0 fully saturated rings. The van der Waals surface area contributed by atoms with Gasteiger partial charge < -0.3 is 19.4 Å². The lowest BCUT2D eigenvalue weighted by atomic mass is 10.1. The average Bonchev–Trinajstić information content (AvgIpc) is 2.84. The number of methoxy groups -OCH3 is 2. The zero-order valence-electron chi connectivity index (χ0n) is 13.7. The van der Waals surface area contributed by atoms with Gasteiger partial charge in [-0.05, 0) is 31.5 Å². The Labute approximate surface area is 131 Å². The van der Waals surface area contributed by atoms with Gasteiger partial charge in [-0.15, -0.1) is 0 Å². The molecule has 0 aliphatic heterocycles. The lowest BCUT2D eigenvalue weighted by Crippen LogP contribution is -2.37. The molecule has 1 amide bonds. The van der Waals surface area contributed by atoms with E-state index in [1.165, 1.54) is 5.56 Å². The van der Waals surface area contributed by atoms with Crippen LogP contribution in [0.1, 0.15) is 21.6 Å². The van der Waals surface area contributed by atoms with Crippen molar-refractivity contribution in [2.24, 2.45) is 0 Å². The highest BCUT2D eigenvalue weighted by Gasteiger charge is 2.20. The fraction of sp³-hybridized carbons (Fsp3) is 0.471. The summed E-state index contributed by atoms with van der Waals surface area (Å²) in [6, 6.07) is 6.16. The van der Waals surface area contributed by atoms with Crippen molar-refractivity contribution in [1.29, 1.82) is 0 Å². The number of amides is 1. The van der Waals surface area contributed by atoms with Crippen LogP contribution in [0.25, 0.3) is 10.9 Å². The predicted molar refractivity (Wildman–Crippen MR) is 87.4 cm³/mol. The number of ether oxygens (including phenoxy) is 2. The van der Waals surface area contributed by atoms with E-state index in [4.69, 9.17) is 9.47 Å². The molecule has 0 saturated heterocycles. The van der Waals surface area contributed by atoms with E-state index in [0.717, 1.165) is 16.5 Å². The topological polar surface area (TPSA) is 54.6 Å². The van der Waals surface area contributed by atoms with Crippen LogP contribution in [-0.4, -0.2) is 56.3 Å². The number of aromatic amines is 1. The van der Waals surface area contributed by atoms with Crippen molar-refractivity contribution < 1.29 is 14.3 Å². The van der Waals surface area contributed by atoms with Gasteiger partial charge in [-0.3, -0.25) is 4.79 Å². The van der Waals surface area contributed by atoms with Crippen LogP contribution in [0.2, 0.25) is 0 Å². The Bertz CT molecular complexity index is 641. The van der Waals surface area contributed by atoms with Crippen molar-refractivity contribution in [2.75, 3.05) is 40.5 Å². The molecule has 1 aromatic heterocycles. The van der Waals surface area contributed by atoms with E-state index in [1.807, 2.05) is 19.1 Å². The van der Waals surface area contributed by atoms with Gasteiger partial charge in [0.2, 0.25) is 0 Å². The molecule has 5 nitrogen and oxygen atoms in total. The first-order chi connectivity index (χ1) is 10.6. The van der Waals surface area contributed by atoms with Crippen LogP contribution in [0.3, 0.4) is 0 Å². The summed E-state index contributed by atoms with van der Waals surface area (Å²) < 4.78 is 10.2. The van der Waals surface area contributed by atoms with Gasteiger partial charge in [0, 0.05) is 38.2 Å². The molecule has 2 aromatic rings. The number of H-pyrrole nitrogens is 1. The van der Waals surface area contributed by atoms with E-state index >= 15 is 0 Å². The number of aryl methyl sites for hydroxylation is 2. The Hall–Kier alpha value is -1.85. The minimum absolute atomic E-state index is 0.0135. The van der Waals surface area contributed by atoms with Crippen LogP contribution in [0.15, 0.2) is 18.2 Å². The predicted octanol–water partition coefficient (Wildman–Crippen LogP) is 2.52. The Morgan fingerprint density at radius 2 is 1.77 bits per heavy atom. The van der Waals surface area contributed by atoms with E-state index in [0.29, 0.717) is 32.0 Å². The summed E-state index contributed by atoms with van der Waals surface area (Å²) in [6.45, 7) is 6.15. The minimum atomic E-state index is -0.0135. The molecule has 0 aliphatic carbocycles. The third-order valence-electron chi connectivity index (χ3n) is 3.85. The molecule has 0 spiro atoms. The third kappa shape index (κ3) is 3.48. The van der Waals surface area contributed by atoms with Crippen LogP contribution >= 0.6 is 0 Å². The molecule has 1 aromatic carbocycles. The Morgan fingerprint density at radius 3 is 2.36 bits per heavy atom. The molecule has 1 heterocycles. The molecule has 5 heteroatoms. The van der Waals surface area contributed by atoms with Crippen molar-refractivity contribution in [3.63, 3.8) is 0 Å². The van der Waals surface area contributed by atoms with Crippen LogP contribution in [0, 0.1) is 13.8 Å². The van der Waals surface area contributed by atoms with Crippen molar-refractivity contribution in [3.05, 3.63) is 35.0 Å². The second kappa shape index (κ2) is 7.42. The Balaban J connectivity index is 2.30. The second-order valence-corrected chi connectivity index (χ2v) is 5.45. The van der Waals surface area contributed by atoms with E-state index < -0.39 is 0 Å². The molecule has 2 rings (SSSR count). The van der Waals surface area contributed by atoms with Gasteiger partial charge in [0.05, 0.1) is 13.2 Å². The van der Waals surface area contributed by atoms with Crippen molar-refractivity contribution >= 4 is 16.8 Å². The summed E-state index contributed by atoms with van der Waals surface area (Å²) in [4.78, 5) is 17.8. The second-order valence-electron chi connectivity index (χ2n) is 5.45. The normalized spacial score (nSPS) is 11.1. The fourth-order valence-corrected chi connectivity index (χ4v) is 2.53. The molecular weight excluding hydrogens is 280 g/mol.